The molecular formula is C16H22N2. The number of aryl methyl sites for hydroxylation is 1. The molecule has 0 fully saturated rings. The molecule has 0 bridgehead atoms. The lowest BCUT2D eigenvalue weighted by molar-refractivity contribution is 0.628. The molecule has 0 aliphatic heterocycles. The molecule has 2 rings (SSSR count). The third kappa shape index (κ3) is 2.41. The van der Waals surface area contributed by atoms with Crippen LogP contribution < -0.4 is 0 Å². The third-order valence-electron chi connectivity index (χ3n) is 4.17. The van der Waals surface area contributed by atoms with Crippen LogP contribution in [0.4, 0.5) is 0 Å². The first-order valence-corrected chi connectivity index (χ1v) is 7.22. The van der Waals surface area contributed by atoms with Crippen molar-refractivity contribution in [1.82, 2.24) is 4.98 Å². The second-order valence-electron chi connectivity index (χ2n) is 5.20. The summed E-state index contributed by atoms with van der Waals surface area (Å²) in [5, 5.41) is 9.34. The van der Waals surface area contributed by atoms with Crippen LogP contribution in [0.2, 0.25) is 0 Å². The summed E-state index contributed by atoms with van der Waals surface area (Å²) in [4.78, 5) is 4.54. The molecule has 18 heavy (non-hydrogen) atoms. The van der Waals surface area contributed by atoms with Crippen LogP contribution in [0.5, 0.6) is 0 Å². The van der Waals surface area contributed by atoms with Gasteiger partial charge in [0.15, 0.2) is 0 Å². The van der Waals surface area contributed by atoms with Crippen molar-refractivity contribution < 1.29 is 0 Å². The fraction of sp³-hybridized carbons (Fsp3) is 0.625. The van der Waals surface area contributed by atoms with Crippen molar-refractivity contribution in [3.05, 3.63) is 28.6 Å². The van der Waals surface area contributed by atoms with Crippen LogP contribution in [0, 0.1) is 11.3 Å². The van der Waals surface area contributed by atoms with Crippen molar-refractivity contribution in [3.8, 4) is 6.07 Å². The average Bonchev–Trinajstić information content (AvgIpc) is 2.65. The standard InChI is InChI=1S/C16H22N2/c1-3-12(4-2)16-13(10-17)11-18-15-9-7-5-6-8-14(15)16/h11-12H,3-9H2,1-2H3. The quantitative estimate of drug-likeness (QED) is 0.747. The number of pyridine rings is 1. The fourth-order valence-electron chi connectivity index (χ4n) is 3.13. The highest BCUT2D eigenvalue weighted by atomic mass is 14.7. The van der Waals surface area contributed by atoms with E-state index >= 15 is 0 Å². The number of hydrogen-bond donors (Lipinski definition) is 0. The van der Waals surface area contributed by atoms with Crippen LogP contribution in [-0.2, 0) is 12.8 Å². The Labute approximate surface area is 110 Å². The molecule has 0 aromatic carbocycles. The highest BCUT2D eigenvalue weighted by Crippen LogP contribution is 2.33. The Kier molecular flexibility index (Phi) is 4.36. The largest absolute Gasteiger partial charge is 0.260 e. The molecular weight excluding hydrogens is 220 g/mol. The molecule has 0 radical (unpaired) electrons. The van der Waals surface area contributed by atoms with Crippen LogP contribution >= 0.6 is 0 Å². The SMILES string of the molecule is CCC(CC)c1c(C#N)cnc2c1CCCCC2. The topological polar surface area (TPSA) is 36.7 Å². The van der Waals surface area contributed by atoms with Gasteiger partial charge >= 0.3 is 0 Å². The first-order valence-electron chi connectivity index (χ1n) is 7.22. The second kappa shape index (κ2) is 6.00. The van der Waals surface area contributed by atoms with Gasteiger partial charge in [0.25, 0.3) is 0 Å². The van der Waals surface area contributed by atoms with E-state index < -0.39 is 0 Å². The van der Waals surface area contributed by atoms with Gasteiger partial charge < -0.3 is 0 Å². The maximum absolute atomic E-state index is 9.34. The van der Waals surface area contributed by atoms with E-state index in [2.05, 4.69) is 24.9 Å². The molecule has 0 spiro atoms. The molecule has 0 amide bonds. The summed E-state index contributed by atoms with van der Waals surface area (Å²) in [7, 11) is 0. The molecule has 0 saturated carbocycles. The van der Waals surface area contributed by atoms with E-state index in [-0.39, 0.29) is 0 Å². The number of rotatable bonds is 3. The minimum atomic E-state index is 0.523. The number of fused-ring (bicyclic) bond motifs is 1. The summed E-state index contributed by atoms with van der Waals surface area (Å²) in [6, 6.07) is 2.35. The van der Waals surface area contributed by atoms with Crippen LogP contribution in [0.25, 0.3) is 0 Å². The predicted octanol–water partition coefficient (Wildman–Crippen LogP) is 4.13. The van der Waals surface area contributed by atoms with Crippen molar-refractivity contribution in [2.24, 2.45) is 0 Å². The monoisotopic (exact) mass is 242 g/mol. The normalized spacial score (nSPS) is 15.0. The molecule has 2 heteroatoms. The van der Waals surface area contributed by atoms with E-state index in [1.54, 1.807) is 6.20 Å². The van der Waals surface area contributed by atoms with Gasteiger partial charge in [-0.25, -0.2) is 0 Å². The van der Waals surface area contributed by atoms with E-state index in [0.29, 0.717) is 5.92 Å². The van der Waals surface area contributed by atoms with E-state index in [4.69, 9.17) is 0 Å². The first kappa shape index (κ1) is 13.1. The number of nitrogens with zero attached hydrogens (tertiary/aromatic N) is 2. The predicted molar refractivity (Wildman–Crippen MR) is 73.5 cm³/mol. The molecule has 1 aliphatic rings. The minimum absolute atomic E-state index is 0.523. The number of aromatic nitrogens is 1. The fourth-order valence-corrected chi connectivity index (χ4v) is 3.13. The molecule has 0 atom stereocenters. The lowest BCUT2D eigenvalue weighted by Gasteiger charge is -2.20. The zero-order chi connectivity index (χ0) is 13.0. The summed E-state index contributed by atoms with van der Waals surface area (Å²) in [6.07, 6.45) is 10.0. The average molecular weight is 242 g/mol. The molecule has 96 valence electrons. The smallest absolute Gasteiger partial charge is 0.101 e. The van der Waals surface area contributed by atoms with Crippen LogP contribution in [0.3, 0.4) is 0 Å². The van der Waals surface area contributed by atoms with Crippen molar-refractivity contribution >= 4 is 0 Å². The molecule has 0 saturated heterocycles. The van der Waals surface area contributed by atoms with Gasteiger partial charge in [0, 0.05) is 11.9 Å². The van der Waals surface area contributed by atoms with Crippen molar-refractivity contribution in [2.45, 2.75) is 64.7 Å². The van der Waals surface area contributed by atoms with Crippen LogP contribution in [0.1, 0.15) is 74.3 Å². The van der Waals surface area contributed by atoms with E-state index in [1.165, 1.54) is 36.1 Å². The molecule has 1 aliphatic carbocycles. The van der Waals surface area contributed by atoms with Crippen LogP contribution in [-0.4, -0.2) is 4.98 Å². The summed E-state index contributed by atoms with van der Waals surface area (Å²) < 4.78 is 0. The zero-order valence-corrected chi connectivity index (χ0v) is 11.5. The maximum atomic E-state index is 9.34. The Hall–Kier alpha value is -1.36. The zero-order valence-electron chi connectivity index (χ0n) is 11.5. The van der Waals surface area contributed by atoms with E-state index in [0.717, 1.165) is 31.2 Å². The summed E-state index contributed by atoms with van der Waals surface area (Å²) in [5.74, 6) is 0.523. The summed E-state index contributed by atoms with van der Waals surface area (Å²) >= 11 is 0. The van der Waals surface area contributed by atoms with E-state index in [9.17, 15) is 5.26 Å². The lowest BCUT2D eigenvalue weighted by Crippen LogP contribution is -2.09. The first-order chi connectivity index (χ1) is 8.81. The maximum Gasteiger partial charge on any atom is 0.101 e. The number of hydrogen-bond acceptors (Lipinski definition) is 2. The molecule has 1 aromatic rings. The van der Waals surface area contributed by atoms with Gasteiger partial charge in [0.2, 0.25) is 0 Å². The highest BCUT2D eigenvalue weighted by molar-refractivity contribution is 5.46. The van der Waals surface area contributed by atoms with Crippen molar-refractivity contribution in [3.63, 3.8) is 0 Å². The van der Waals surface area contributed by atoms with Gasteiger partial charge in [0.1, 0.15) is 6.07 Å². The van der Waals surface area contributed by atoms with Gasteiger partial charge in [-0.15, -0.1) is 0 Å². The molecule has 2 nitrogen and oxygen atoms in total. The lowest BCUT2D eigenvalue weighted by atomic mass is 9.85. The Morgan fingerprint density at radius 3 is 2.61 bits per heavy atom. The Bertz CT molecular complexity index is 453. The number of nitriles is 1. The van der Waals surface area contributed by atoms with Gasteiger partial charge in [0.05, 0.1) is 5.56 Å². The van der Waals surface area contributed by atoms with Gasteiger partial charge in [-0.1, -0.05) is 20.3 Å². The molecule has 1 heterocycles. The van der Waals surface area contributed by atoms with E-state index in [1.807, 2.05) is 0 Å². The van der Waals surface area contributed by atoms with Gasteiger partial charge in [-0.05, 0) is 55.6 Å². The van der Waals surface area contributed by atoms with Gasteiger partial charge in [-0.3, -0.25) is 4.98 Å². The Morgan fingerprint density at radius 2 is 1.94 bits per heavy atom. The Morgan fingerprint density at radius 1 is 1.22 bits per heavy atom. The molecule has 0 unspecified atom stereocenters. The molecule has 0 N–H and O–H groups in total. The molecule has 1 aromatic heterocycles. The Balaban J connectivity index is 2.55. The summed E-state index contributed by atoms with van der Waals surface area (Å²) in [5.41, 5.74) is 4.78. The van der Waals surface area contributed by atoms with Gasteiger partial charge in [-0.2, -0.15) is 5.26 Å². The second-order valence-corrected chi connectivity index (χ2v) is 5.20. The summed E-state index contributed by atoms with van der Waals surface area (Å²) in [6.45, 7) is 4.44. The third-order valence-corrected chi connectivity index (χ3v) is 4.17. The minimum Gasteiger partial charge on any atom is -0.260 e. The highest BCUT2D eigenvalue weighted by Gasteiger charge is 2.21. The van der Waals surface area contributed by atoms with Crippen molar-refractivity contribution in [1.29, 1.82) is 5.26 Å². The van der Waals surface area contributed by atoms with Crippen LogP contribution in [0.15, 0.2) is 6.20 Å². The van der Waals surface area contributed by atoms with Crippen molar-refractivity contribution in [2.75, 3.05) is 0 Å².